The first kappa shape index (κ1) is 25.2. The van der Waals surface area contributed by atoms with Crippen molar-refractivity contribution in [2.24, 2.45) is 17.4 Å². The monoisotopic (exact) mass is 479 g/mol. The SMILES string of the molecule is CCc1cccc(CN)c1N(CC1CCC(Nc2nc3c(c(N(C)C)n2)CCCC3)CC1)C(N)=O. The average molecular weight is 480 g/mol. The number of carbonyl (C=O) groups excluding carboxylic acids is 1. The number of nitrogens with two attached hydrogens (primary N) is 2. The number of para-hydroxylation sites is 1. The number of hydrogen-bond donors (Lipinski definition) is 3. The van der Waals surface area contributed by atoms with E-state index in [1.807, 2.05) is 12.1 Å². The molecule has 1 aromatic carbocycles. The molecular weight excluding hydrogens is 438 g/mol. The van der Waals surface area contributed by atoms with E-state index < -0.39 is 6.03 Å². The maximum atomic E-state index is 12.5. The summed E-state index contributed by atoms with van der Waals surface area (Å²) in [7, 11) is 4.12. The number of amides is 2. The van der Waals surface area contributed by atoms with Crippen LogP contribution in [0.2, 0.25) is 0 Å². The predicted molar refractivity (Wildman–Crippen MR) is 143 cm³/mol. The number of urea groups is 1. The highest BCUT2D eigenvalue weighted by Crippen LogP contribution is 2.33. The van der Waals surface area contributed by atoms with Crippen LogP contribution in [0.5, 0.6) is 0 Å². The molecule has 0 saturated heterocycles. The Morgan fingerprint density at radius 1 is 1.09 bits per heavy atom. The van der Waals surface area contributed by atoms with Gasteiger partial charge < -0.3 is 21.7 Å². The van der Waals surface area contributed by atoms with E-state index in [-0.39, 0.29) is 0 Å². The third-order valence-corrected chi connectivity index (χ3v) is 7.55. The molecule has 8 heteroatoms. The van der Waals surface area contributed by atoms with Crippen LogP contribution in [0.3, 0.4) is 0 Å². The van der Waals surface area contributed by atoms with Crippen LogP contribution in [0.15, 0.2) is 18.2 Å². The smallest absolute Gasteiger partial charge is 0.319 e. The third-order valence-electron chi connectivity index (χ3n) is 7.55. The Hall–Kier alpha value is -2.87. The van der Waals surface area contributed by atoms with Crippen LogP contribution in [0.4, 0.5) is 22.2 Å². The van der Waals surface area contributed by atoms with Gasteiger partial charge in [0.15, 0.2) is 0 Å². The number of aromatic nitrogens is 2. The molecule has 4 rings (SSSR count). The van der Waals surface area contributed by atoms with Crippen LogP contribution in [0, 0.1) is 5.92 Å². The van der Waals surface area contributed by atoms with Gasteiger partial charge in [0.25, 0.3) is 0 Å². The second kappa shape index (κ2) is 11.2. The molecule has 2 aromatic rings. The fraction of sp³-hybridized carbons (Fsp3) is 0.593. The number of aryl methyl sites for hydroxylation is 2. The van der Waals surface area contributed by atoms with Gasteiger partial charge in [-0.05, 0) is 74.8 Å². The molecule has 35 heavy (non-hydrogen) atoms. The normalized spacial score (nSPS) is 19.7. The van der Waals surface area contributed by atoms with E-state index in [4.69, 9.17) is 21.4 Å². The van der Waals surface area contributed by atoms with Gasteiger partial charge >= 0.3 is 6.03 Å². The number of anilines is 3. The van der Waals surface area contributed by atoms with Crippen LogP contribution >= 0.6 is 0 Å². The van der Waals surface area contributed by atoms with Crippen LogP contribution < -0.4 is 26.6 Å². The first-order valence-electron chi connectivity index (χ1n) is 13.1. The summed E-state index contributed by atoms with van der Waals surface area (Å²) in [6.07, 6.45) is 9.45. The molecule has 1 aromatic heterocycles. The minimum atomic E-state index is -0.403. The van der Waals surface area contributed by atoms with E-state index in [9.17, 15) is 4.79 Å². The number of carbonyl (C=O) groups is 1. The Balaban J connectivity index is 1.42. The lowest BCUT2D eigenvalue weighted by Crippen LogP contribution is -2.42. The zero-order chi connectivity index (χ0) is 24.9. The molecule has 0 aliphatic heterocycles. The zero-order valence-corrected chi connectivity index (χ0v) is 21.5. The van der Waals surface area contributed by atoms with Crippen molar-refractivity contribution in [3.05, 3.63) is 40.6 Å². The largest absolute Gasteiger partial charge is 0.362 e. The lowest BCUT2D eigenvalue weighted by molar-refractivity contribution is 0.250. The van der Waals surface area contributed by atoms with E-state index in [0.29, 0.717) is 25.0 Å². The fourth-order valence-corrected chi connectivity index (χ4v) is 5.67. The molecule has 2 aliphatic rings. The lowest BCUT2D eigenvalue weighted by atomic mass is 9.85. The van der Waals surface area contributed by atoms with E-state index in [1.54, 1.807) is 4.90 Å². The van der Waals surface area contributed by atoms with Gasteiger partial charge in [-0.15, -0.1) is 0 Å². The van der Waals surface area contributed by atoms with Crippen molar-refractivity contribution in [3.63, 3.8) is 0 Å². The van der Waals surface area contributed by atoms with E-state index >= 15 is 0 Å². The summed E-state index contributed by atoms with van der Waals surface area (Å²) in [5.41, 5.74) is 17.4. The standard InChI is InChI=1S/C27H41N7O/c1-4-19-8-7-9-20(16-28)24(19)34(26(29)35)17-18-12-14-21(15-13-18)30-27-31-23-11-6-5-10-22(23)25(32-27)33(2)3/h7-9,18,21H,4-6,10-17,28H2,1-3H3,(H2,29,35)(H,30,31,32). The van der Waals surface area contributed by atoms with E-state index in [0.717, 1.165) is 73.5 Å². The topological polar surface area (TPSA) is 113 Å². The van der Waals surface area contributed by atoms with Crippen molar-refractivity contribution in [1.29, 1.82) is 0 Å². The van der Waals surface area contributed by atoms with Crippen LogP contribution in [-0.4, -0.2) is 42.7 Å². The number of nitrogens with one attached hydrogen (secondary N) is 1. The molecule has 2 amide bonds. The zero-order valence-electron chi connectivity index (χ0n) is 21.5. The fourth-order valence-electron chi connectivity index (χ4n) is 5.67. The van der Waals surface area contributed by atoms with Gasteiger partial charge in [0.1, 0.15) is 5.82 Å². The first-order valence-corrected chi connectivity index (χ1v) is 13.1. The van der Waals surface area contributed by atoms with Crippen LogP contribution in [-0.2, 0) is 25.8 Å². The molecule has 1 fully saturated rings. The highest BCUT2D eigenvalue weighted by Gasteiger charge is 2.28. The highest BCUT2D eigenvalue weighted by molar-refractivity contribution is 5.92. The number of hydrogen-bond acceptors (Lipinski definition) is 6. The number of fused-ring (bicyclic) bond motifs is 1. The molecule has 0 atom stereocenters. The van der Waals surface area contributed by atoms with Gasteiger partial charge in [-0.1, -0.05) is 25.1 Å². The molecule has 0 unspecified atom stereocenters. The van der Waals surface area contributed by atoms with Crippen molar-refractivity contribution in [1.82, 2.24) is 9.97 Å². The molecule has 1 heterocycles. The minimum absolute atomic E-state index is 0.340. The van der Waals surface area contributed by atoms with Crippen molar-refractivity contribution >= 4 is 23.5 Å². The average Bonchev–Trinajstić information content (AvgIpc) is 2.87. The van der Waals surface area contributed by atoms with Crippen molar-refractivity contribution in [2.45, 2.75) is 77.3 Å². The summed E-state index contributed by atoms with van der Waals surface area (Å²) in [5.74, 6) is 2.20. The van der Waals surface area contributed by atoms with Crippen LogP contribution in [0.25, 0.3) is 0 Å². The number of rotatable bonds is 8. The van der Waals surface area contributed by atoms with Gasteiger partial charge in [-0.2, -0.15) is 4.98 Å². The molecule has 0 bridgehead atoms. The third kappa shape index (κ3) is 5.69. The maximum Gasteiger partial charge on any atom is 0.319 e. The quantitative estimate of drug-likeness (QED) is 0.527. The Morgan fingerprint density at radius 3 is 2.46 bits per heavy atom. The molecule has 190 valence electrons. The summed E-state index contributed by atoms with van der Waals surface area (Å²) in [6.45, 7) is 3.12. The number of primary amides is 1. The molecule has 1 saturated carbocycles. The highest BCUT2D eigenvalue weighted by atomic mass is 16.2. The van der Waals surface area contributed by atoms with Gasteiger partial charge in [0.05, 0.1) is 11.4 Å². The minimum Gasteiger partial charge on any atom is -0.362 e. The molecule has 0 radical (unpaired) electrons. The first-order chi connectivity index (χ1) is 16.9. The molecule has 8 nitrogen and oxygen atoms in total. The number of nitrogens with zero attached hydrogens (tertiary/aromatic N) is 4. The summed E-state index contributed by atoms with van der Waals surface area (Å²) >= 11 is 0. The molecule has 5 N–H and O–H groups in total. The lowest BCUT2D eigenvalue weighted by Gasteiger charge is -2.34. The summed E-state index contributed by atoms with van der Waals surface area (Å²) in [5, 5.41) is 3.62. The van der Waals surface area contributed by atoms with Crippen molar-refractivity contribution in [3.8, 4) is 0 Å². The van der Waals surface area contributed by atoms with Crippen molar-refractivity contribution < 1.29 is 4.79 Å². The summed E-state index contributed by atoms with van der Waals surface area (Å²) < 4.78 is 0. The molecule has 0 spiro atoms. The second-order valence-corrected chi connectivity index (χ2v) is 10.2. The Bertz CT molecular complexity index is 1010. The van der Waals surface area contributed by atoms with Gasteiger partial charge in [0.2, 0.25) is 5.95 Å². The van der Waals surface area contributed by atoms with Gasteiger partial charge in [-0.3, -0.25) is 4.90 Å². The van der Waals surface area contributed by atoms with Crippen LogP contribution in [0.1, 0.15) is 67.8 Å². The van der Waals surface area contributed by atoms with Gasteiger partial charge in [0, 0.05) is 38.8 Å². The Labute approximate surface area is 209 Å². The predicted octanol–water partition coefficient (Wildman–Crippen LogP) is 4.00. The Morgan fingerprint density at radius 2 is 1.80 bits per heavy atom. The van der Waals surface area contributed by atoms with E-state index in [2.05, 4.69) is 37.3 Å². The second-order valence-electron chi connectivity index (χ2n) is 10.2. The van der Waals surface area contributed by atoms with Crippen molar-refractivity contribution in [2.75, 3.05) is 35.8 Å². The molecular formula is C27H41N7O. The summed E-state index contributed by atoms with van der Waals surface area (Å²) in [6, 6.07) is 6.00. The summed E-state index contributed by atoms with van der Waals surface area (Å²) in [4.78, 5) is 26.1. The Kier molecular flexibility index (Phi) is 8.11. The number of benzene rings is 1. The van der Waals surface area contributed by atoms with E-state index in [1.165, 1.54) is 24.1 Å². The molecule has 2 aliphatic carbocycles. The maximum absolute atomic E-state index is 12.5. The van der Waals surface area contributed by atoms with Gasteiger partial charge in [-0.25, -0.2) is 9.78 Å².